The van der Waals surface area contributed by atoms with E-state index in [9.17, 15) is 0 Å². The molecule has 0 heteroatoms. The molecule has 0 radical (unpaired) electrons. The SMILES string of the molecule is CC1CC2CCCC(C2)C1C. The molecule has 0 amide bonds. The fraction of sp³-hybridized carbons (Fsp3) is 1.00. The van der Waals surface area contributed by atoms with E-state index < -0.39 is 0 Å². The summed E-state index contributed by atoms with van der Waals surface area (Å²) in [6.07, 6.45) is 7.67. The van der Waals surface area contributed by atoms with Crippen molar-refractivity contribution < 1.29 is 0 Å². The largest absolute Gasteiger partial charge is 0.0622 e. The first-order valence-electron chi connectivity index (χ1n) is 5.27. The van der Waals surface area contributed by atoms with Crippen LogP contribution in [0.3, 0.4) is 0 Å². The lowest BCUT2D eigenvalue weighted by Gasteiger charge is -2.42. The molecule has 0 aromatic heterocycles. The third kappa shape index (κ3) is 1.32. The van der Waals surface area contributed by atoms with Crippen LogP contribution < -0.4 is 0 Å². The molecular weight excluding hydrogens is 132 g/mol. The van der Waals surface area contributed by atoms with Gasteiger partial charge in [0.2, 0.25) is 0 Å². The highest BCUT2D eigenvalue weighted by Crippen LogP contribution is 2.45. The number of fused-ring (bicyclic) bond motifs is 2. The van der Waals surface area contributed by atoms with Crippen molar-refractivity contribution in [1.82, 2.24) is 0 Å². The molecule has 2 bridgehead atoms. The second-order valence-electron chi connectivity index (χ2n) is 4.86. The Morgan fingerprint density at radius 3 is 2.64 bits per heavy atom. The van der Waals surface area contributed by atoms with Gasteiger partial charge in [0.05, 0.1) is 0 Å². The zero-order valence-corrected chi connectivity index (χ0v) is 7.84. The summed E-state index contributed by atoms with van der Waals surface area (Å²) in [5.41, 5.74) is 0. The fourth-order valence-electron chi connectivity index (χ4n) is 3.23. The van der Waals surface area contributed by atoms with Crippen LogP contribution in [-0.4, -0.2) is 0 Å². The second kappa shape index (κ2) is 2.80. The van der Waals surface area contributed by atoms with Crippen molar-refractivity contribution >= 4 is 0 Å². The van der Waals surface area contributed by atoms with Crippen molar-refractivity contribution in [3.8, 4) is 0 Å². The molecule has 0 nitrogen and oxygen atoms in total. The lowest BCUT2D eigenvalue weighted by molar-refractivity contribution is 0.0831. The van der Waals surface area contributed by atoms with Crippen LogP contribution >= 0.6 is 0 Å². The molecule has 64 valence electrons. The summed E-state index contributed by atoms with van der Waals surface area (Å²) in [7, 11) is 0. The molecule has 0 aromatic carbocycles. The molecule has 2 rings (SSSR count). The topological polar surface area (TPSA) is 0 Å². The van der Waals surface area contributed by atoms with Gasteiger partial charge in [-0.25, -0.2) is 0 Å². The van der Waals surface area contributed by atoms with Gasteiger partial charge in [-0.2, -0.15) is 0 Å². The number of hydrogen-bond acceptors (Lipinski definition) is 0. The fourth-order valence-corrected chi connectivity index (χ4v) is 3.23. The predicted molar refractivity (Wildman–Crippen MR) is 48.4 cm³/mol. The molecule has 0 aliphatic heterocycles. The van der Waals surface area contributed by atoms with Gasteiger partial charge < -0.3 is 0 Å². The molecule has 0 N–H and O–H groups in total. The first-order chi connectivity index (χ1) is 5.27. The minimum atomic E-state index is 1.01. The Kier molecular flexibility index (Phi) is 1.95. The molecule has 2 saturated carbocycles. The molecule has 0 saturated heterocycles. The van der Waals surface area contributed by atoms with Crippen LogP contribution in [0, 0.1) is 23.7 Å². The van der Waals surface area contributed by atoms with Gasteiger partial charge in [0.15, 0.2) is 0 Å². The van der Waals surface area contributed by atoms with Crippen molar-refractivity contribution in [2.24, 2.45) is 23.7 Å². The first-order valence-corrected chi connectivity index (χ1v) is 5.27. The molecule has 4 unspecified atom stereocenters. The molecular formula is C11H20. The Bertz CT molecular complexity index is 137. The van der Waals surface area contributed by atoms with Gasteiger partial charge in [-0.1, -0.05) is 33.1 Å². The van der Waals surface area contributed by atoms with Gasteiger partial charge >= 0.3 is 0 Å². The highest BCUT2D eigenvalue weighted by molar-refractivity contribution is 4.85. The molecule has 2 aliphatic carbocycles. The maximum Gasteiger partial charge on any atom is -0.0383 e. The zero-order chi connectivity index (χ0) is 7.84. The normalized spacial score (nSPS) is 50.7. The third-order valence-electron chi connectivity index (χ3n) is 4.17. The van der Waals surface area contributed by atoms with Crippen LogP contribution in [0.5, 0.6) is 0 Å². The van der Waals surface area contributed by atoms with Crippen LogP contribution in [0.25, 0.3) is 0 Å². The molecule has 2 aliphatic rings. The van der Waals surface area contributed by atoms with Gasteiger partial charge in [0.25, 0.3) is 0 Å². The minimum Gasteiger partial charge on any atom is -0.0622 e. The average Bonchev–Trinajstić information content (AvgIpc) is 2.01. The van der Waals surface area contributed by atoms with E-state index in [1.54, 1.807) is 6.42 Å². The Balaban J connectivity index is 2.05. The van der Waals surface area contributed by atoms with E-state index in [1.165, 1.54) is 25.7 Å². The van der Waals surface area contributed by atoms with E-state index in [0.29, 0.717) is 0 Å². The standard InChI is InChI=1S/C11H20/c1-8-6-10-4-3-5-11(7-10)9(8)2/h8-11H,3-7H2,1-2H3. The third-order valence-corrected chi connectivity index (χ3v) is 4.17. The summed E-state index contributed by atoms with van der Waals surface area (Å²) in [4.78, 5) is 0. The van der Waals surface area contributed by atoms with Crippen molar-refractivity contribution in [3.63, 3.8) is 0 Å². The van der Waals surface area contributed by atoms with Crippen molar-refractivity contribution in [1.29, 1.82) is 0 Å². The maximum atomic E-state index is 2.47. The highest BCUT2D eigenvalue weighted by Gasteiger charge is 2.34. The number of rotatable bonds is 0. The van der Waals surface area contributed by atoms with Gasteiger partial charge in [0.1, 0.15) is 0 Å². The Hall–Kier alpha value is 0. The molecule has 0 spiro atoms. The Morgan fingerprint density at radius 2 is 1.82 bits per heavy atom. The van der Waals surface area contributed by atoms with Gasteiger partial charge in [-0.3, -0.25) is 0 Å². The monoisotopic (exact) mass is 152 g/mol. The first kappa shape index (κ1) is 7.64. The molecule has 0 heterocycles. The van der Waals surface area contributed by atoms with Crippen LogP contribution in [-0.2, 0) is 0 Å². The highest BCUT2D eigenvalue weighted by atomic mass is 14.4. The van der Waals surface area contributed by atoms with Crippen molar-refractivity contribution in [2.45, 2.75) is 46.0 Å². The van der Waals surface area contributed by atoms with E-state index in [-0.39, 0.29) is 0 Å². The van der Waals surface area contributed by atoms with Crippen LogP contribution in [0.4, 0.5) is 0 Å². The summed E-state index contributed by atoms with van der Waals surface area (Å²) in [5, 5.41) is 0. The van der Waals surface area contributed by atoms with E-state index in [2.05, 4.69) is 13.8 Å². The molecule has 2 fully saturated rings. The minimum absolute atomic E-state index is 1.01. The van der Waals surface area contributed by atoms with Gasteiger partial charge in [0, 0.05) is 0 Å². The van der Waals surface area contributed by atoms with Crippen LogP contribution in [0.2, 0.25) is 0 Å². The predicted octanol–water partition coefficient (Wildman–Crippen LogP) is 3.47. The van der Waals surface area contributed by atoms with Gasteiger partial charge in [-0.05, 0) is 36.5 Å². The van der Waals surface area contributed by atoms with E-state index in [4.69, 9.17) is 0 Å². The quantitative estimate of drug-likeness (QED) is 0.498. The maximum absolute atomic E-state index is 2.47. The lowest BCUT2D eigenvalue weighted by Crippen LogP contribution is -2.32. The molecule has 4 atom stereocenters. The summed E-state index contributed by atoms with van der Waals surface area (Å²) >= 11 is 0. The van der Waals surface area contributed by atoms with Crippen molar-refractivity contribution in [3.05, 3.63) is 0 Å². The van der Waals surface area contributed by atoms with Crippen LogP contribution in [0.15, 0.2) is 0 Å². The zero-order valence-electron chi connectivity index (χ0n) is 7.84. The smallest absolute Gasteiger partial charge is 0.0383 e. The summed E-state index contributed by atoms with van der Waals surface area (Å²) < 4.78 is 0. The van der Waals surface area contributed by atoms with E-state index in [0.717, 1.165) is 23.7 Å². The van der Waals surface area contributed by atoms with E-state index >= 15 is 0 Å². The van der Waals surface area contributed by atoms with Crippen molar-refractivity contribution in [2.75, 3.05) is 0 Å². The van der Waals surface area contributed by atoms with E-state index in [1.807, 2.05) is 0 Å². The second-order valence-corrected chi connectivity index (χ2v) is 4.86. The van der Waals surface area contributed by atoms with Gasteiger partial charge in [-0.15, -0.1) is 0 Å². The number of hydrogen-bond donors (Lipinski definition) is 0. The Labute approximate surface area is 70.4 Å². The summed E-state index contributed by atoms with van der Waals surface area (Å²) in [5.74, 6) is 4.24. The summed E-state index contributed by atoms with van der Waals surface area (Å²) in [6.45, 7) is 4.92. The Morgan fingerprint density at radius 1 is 1.00 bits per heavy atom. The molecule has 0 aromatic rings. The lowest BCUT2D eigenvalue weighted by atomic mass is 9.63. The molecule has 11 heavy (non-hydrogen) atoms. The van der Waals surface area contributed by atoms with Crippen LogP contribution in [0.1, 0.15) is 46.0 Å². The summed E-state index contributed by atoms with van der Waals surface area (Å²) in [6, 6.07) is 0. The average molecular weight is 152 g/mol.